The average Bonchev–Trinajstić information content (AvgIpc) is 2.29. The number of primary amides is 1. The summed E-state index contributed by atoms with van der Waals surface area (Å²) in [5.74, 6) is 0.443. The van der Waals surface area contributed by atoms with Crippen molar-refractivity contribution in [3.8, 4) is 11.6 Å². The lowest BCUT2D eigenvalue weighted by molar-refractivity contribution is 0.1000. The summed E-state index contributed by atoms with van der Waals surface area (Å²) >= 11 is 0. The molecule has 2 aromatic rings. The molecule has 1 heterocycles. The van der Waals surface area contributed by atoms with Crippen molar-refractivity contribution in [1.29, 1.82) is 0 Å². The first-order valence-corrected chi connectivity index (χ1v) is 4.94. The number of benzene rings is 1. The van der Waals surface area contributed by atoms with Crippen LogP contribution < -0.4 is 16.2 Å². The van der Waals surface area contributed by atoms with Gasteiger partial charge in [0.25, 0.3) is 0 Å². The Hall–Kier alpha value is -2.56. The Morgan fingerprint density at radius 1 is 1.24 bits per heavy atom. The van der Waals surface area contributed by atoms with Crippen LogP contribution in [0.5, 0.6) is 11.6 Å². The predicted molar refractivity (Wildman–Crippen MR) is 63.7 cm³/mol. The lowest BCUT2D eigenvalue weighted by Gasteiger charge is -2.05. The Morgan fingerprint density at radius 3 is 2.65 bits per heavy atom. The molecule has 0 saturated carbocycles. The smallest absolute Gasteiger partial charge is 0.250 e. The molecule has 0 fully saturated rings. The second-order valence-electron chi connectivity index (χ2n) is 3.42. The molecule has 0 aliphatic rings. The second-order valence-corrected chi connectivity index (χ2v) is 3.42. The average molecular weight is 229 g/mol. The molecular formula is C12H11N3O2. The molecule has 17 heavy (non-hydrogen) atoms. The van der Waals surface area contributed by atoms with Crippen LogP contribution in [-0.2, 0) is 0 Å². The van der Waals surface area contributed by atoms with Crippen molar-refractivity contribution in [1.82, 2.24) is 4.98 Å². The van der Waals surface area contributed by atoms with Gasteiger partial charge in [-0.2, -0.15) is 0 Å². The predicted octanol–water partition coefficient (Wildman–Crippen LogP) is 1.55. The first kappa shape index (κ1) is 10.9. The number of hydrogen-bond acceptors (Lipinski definition) is 4. The van der Waals surface area contributed by atoms with Gasteiger partial charge in [-0.25, -0.2) is 4.98 Å². The van der Waals surface area contributed by atoms with Gasteiger partial charge in [-0.1, -0.05) is 6.07 Å². The van der Waals surface area contributed by atoms with Gasteiger partial charge in [0.2, 0.25) is 11.8 Å². The van der Waals surface area contributed by atoms with Crippen LogP contribution in [0.25, 0.3) is 0 Å². The Kier molecular flexibility index (Phi) is 2.91. The van der Waals surface area contributed by atoms with Crippen LogP contribution in [-0.4, -0.2) is 10.9 Å². The van der Waals surface area contributed by atoms with Crippen molar-refractivity contribution in [3.63, 3.8) is 0 Å². The van der Waals surface area contributed by atoms with Gasteiger partial charge in [0.15, 0.2) is 0 Å². The minimum Gasteiger partial charge on any atom is -0.439 e. The zero-order valence-corrected chi connectivity index (χ0v) is 8.96. The van der Waals surface area contributed by atoms with E-state index >= 15 is 0 Å². The summed E-state index contributed by atoms with van der Waals surface area (Å²) in [6.07, 6.45) is 1.37. The van der Waals surface area contributed by atoms with Crippen molar-refractivity contribution in [2.75, 3.05) is 5.73 Å². The molecule has 0 saturated heterocycles. The van der Waals surface area contributed by atoms with Crippen molar-refractivity contribution in [2.45, 2.75) is 0 Å². The first-order valence-electron chi connectivity index (χ1n) is 4.94. The fraction of sp³-hybridized carbons (Fsp3) is 0. The highest BCUT2D eigenvalue weighted by molar-refractivity contribution is 5.92. The van der Waals surface area contributed by atoms with E-state index in [0.29, 0.717) is 22.9 Å². The maximum absolute atomic E-state index is 10.8. The lowest BCUT2D eigenvalue weighted by Crippen LogP contribution is -2.10. The molecule has 5 nitrogen and oxygen atoms in total. The molecule has 1 aromatic carbocycles. The van der Waals surface area contributed by atoms with E-state index in [4.69, 9.17) is 16.2 Å². The van der Waals surface area contributed by atoms with Gasteiger partial charge in [-0.15, -0.1) is 0 Å². The number of nitrogens with zero attached hydrogens (tertiary/aromatic N) is 1. The summed E-state index contributed by atoms with van der Waals surface area (Å²) in [5, 5.41) is 0. The number of anilines is 1. The highest BCUT2D eigenvalue weighted by atomic mass is 16.5. The fourth-order valence-electron chi connectivity index (χ4n) is 1.29. The summed E-state index contributed by atoms with van der Waals surface area (Å²) in [7, 11) is 0. The van der Waals surface area contributed by atoms with Gasteiger partial charge in [0.1, 0.15) is 5.75 Å². The number of carbonyl (C=O) groups is 1. The van der Waals surface area contributed by atoms with Crippen LogP contribution >= 0.6 is 0 Å². The second kappa shape index (κ2) is 4.52. The maximum Gasteiger partial charge on any atom is 0.250 e. The van der Waals surface area contributed by atoms with Crippen molar-refractivity contribution >= 4 is 11.6 Å². The molecular weight excluding hydrogens is 218 g/mol. The highest BCUT2D eigenvalue weighted by Crippen LogP contribution is 2.21. The number of nitrogen functional groups attached to an aromatic ring is 1. The zero-order chi connectivity index (χ0) is 12.3. The molecule has 0 radical (unpaired) electrons. The third-order valence-electron chi connectivity index (χ3n) is 2.10. The van der Waals surface area contributed by atoms with E-state index in [0.717, 1.165) is 0 Å². The van der Waals surface area contributed by atoms with Gasteiger partial charge in [0, 0.05) is 24.0 Å². The van der Waals surface area contributed by atoms with Gasteiger partial charge >= 0.3 is 0 Å². The Morgan fingerprint density at radius 2 is 2.06 bits per heavy atom. The maximum atomic E-state index is 10.8. The number of rotatable bonds is 3. The van der Waals surface area contributed by atoms with E-state index in [2.05, 4.69) is 4.98 Å². The van der Waals surface area contributed by atoms with Gasteiger partial charge < -0.3 is 16.2 Å². The standard InChI is InChI=1S/C12H11N3O2/c13-9-2-1-3-10(6-9)17-11-5-4-8(7-15-11)12(14)16/h1-7H,13H2,(H2,14,16). The molecule has 1 amide bonds. The van der Waals surface area contributed by atoms with Crippen LogP contribution in [0, 0.1) is 0 Å². The summed E-state index contributed by atoms with van der Waals surface area (Å²) < 4.78 is 5.45. The van der Waals surface area contributed by atoms with E-state index in [9.17, 15) is 4.79 Å². The quantitative estimate of drug-likeness (QED) is 0.781. The largest absolute Gasteiger partial charge is 0.439 e. The Bertz CT molecular complexity index is 538. The lowest BCUT2D eigenvalue weighted by atomic mass is 10.3. The number of aromatic nitrogens is 1. The van der Waals surface area contributed by atoms with Crippen LogP contribution in [0.4, 0.5) is 5.69 Å². The summed E-state index contributed by atoms with van der Waals surface area (Å²) in [6.45, 7) is 0. The molecule has 0 bridgehead atoms. The minimum atomic E-state index is -0.520. The third kappa shape index (κ3) is 2.72. The van der Waals surface area contributed by atoms with Crippen LogP contribution in [0.1, 0.15) is 10.4 Å². The number of amides is 1. The number of pyridine rings is 1. The molecule has 2 rings (SSSR count). The van der Waals surface area contributed by atoms with Crippen LogP contribution in [0.15, 0.2) is 42.6 Å². The number of ether oxygens (including phenoxy) is 1. The zero-order valence-electron chi connectivity index (χ0n) is 8.96. The number of hydrogen-bond donors (Lipinski definition) is 2. The number of nitrogens with two attached hydrogens (primary N) is 2. The van der Waals surface area contributed by atoms with E-state index in [1.165, 1.54) is 6.20 Å². The van der Waals surface area contributed by atoms with Crippen molar-refractivity contribution in [2.24, 2.45) is 5.73 Å². The van der Waals surface area contributed by atoms with Crippen molar-refractivity contribution < 1.29 is 9.53 Å². The van der Waals surface area contributed by atoms with E-state index in [-0.39, 0.29) is 0 Å². The highest BCUT2D eigenvalue weighted by Gasteiger charge is 2.02. The SMILES string of the molecule is NC(=O)c1ccc(Oc2cccc(N)c2)nc1. The molecule has 0 unspecified atom stereocenters. The number of carbonyl (C=O) groups excluding carboxylic acids is 1. The molecule has 4 N–H and O–H groups in total. The Labute approximate surface area is 98.0 Å². The summed E-state index contributed by atoms with van der Waals surface area (Å²) in [4.78, 5) is 14.8. The van der Waals surface area contributed by atoms with Gasteiger partial charge in [0.05, 0.1) is 5.56 Å². The first-order chi connectivity index (χ1) is 8.15. The molecule has 0 aliphatic carbocycles. The van der Waals surface area contributed by atoms with E-state index in [1.54, 1.807) is 36.4 Å². The van der Waals surface area contributed by atoms with Crippen LogP contribution in [0.2, 0.25) is 0 Å². The summed E-state index contributed by atoms with van der Waals surface area (Å²) in [5.41, 5.74) is 11.7. The molecule has 0 aliphatic heterocycles. The molecule has 0 spiro atoms. The molecule has 5 heteroatoms. The Balaban J connectivity index is 2.16. The van der Waals surface area contributed by atoms with E-state index in [1.807, 2.05) is 0 Å². The third-order valence-corrected chi connectivity index (χ3v) is 2.10. The molecule has 0 atom stereocenters. The fourth-order valence-corrected chi connectivity index (χ4v) is 1.29. The van der Waals surface area contributed by atoms with E-state index < -0.39 is 5.91 Å². The van der Waals surface area contributed by atoms with Crippen molar-refractivity contribution in [3.05, 3.63) is 48.2 Å². The van der Waals surface area contributed by atoms with Crippen LogP contribution in [0.3, 0.4) is 0 Å². The summed E-state index contributed by atoms with van der Waals surface area (Å²) in [6, 6.07) is 10.1. The minimum absolute atomic E-state index is 0.338. The topological polar surface area (TPSA) is 91.2 Å². The monoisotopic (exact) mass is 229 g/mol. The normalized spacial score (nSPS) is 9.88. The van der Waals surface area contributed by atoms with Gasteiger partial charge in [-0.3, -0.25) is 4.79 Å². The van der Waals surface area contributed by atoms with Gasteiger partial charge in [-0.05, 0) is 18.2 Å². The molecule has 1 aromatic heterocycles. The molecule has 86 valence electrons.